The third-order valence-electron chi connectivity index (χ3n) is 5.64. The lowest BCUT2D eigenvalue weighted by Gasteiger charge is -2.39. The summed E-state index contributed by atoms with van der Waals surface area (Å²) in [5.41, 5.74) is 5.67. The van der Waals surface area contributed by atoms with Crippen molar-refractivity contribution in [2.24, 2.45) is 0 Å². The van der Waals surface area contributed by atoms with Crippen LogP contribution in [-0.4, -0.2) is 48.5 Å². The predicted molar refractivity (Wildman–Crippen MR) is 121 cm³/mol. The highest BCUT2D eigenvalue weighted by Gasteiger charge is 2.27. The van der Waals surface area contributed by atoms with Gasteiger partial charge in [-0.25, -0.2) is 0 Å². The van der Waals surface area contributed by atoms with E-state index in [0.29, 0.717) is 13.2 Å². The zero-order valence-electron chi connectivity index (χ0n) is 18.2. The third kappa shape index (κ3) is 4.35. The molecule has 0 radical (unpaired) electrons. The predicted octanol–water partition coefficient (Wildman–Crippen LogP) is 4.34. The zero-order valence-corrected chi connectivity index (χ0v) is 18.2. The molecule has 162 valence electrons. The van der Waals surface area contributed by atoms with Crippen molar-refractivity contribution in [1.29, 1.82) is 0 Å². The van der Waals surface area contributed by atoms with Crippen LogP contribution in [0.15, 0.2) is 42.6 Å². The number of benzene rings is 1. The Morgan fingerprint density at radius 3 is 2.65 bits per heavy atom. The number of pyridine rings is 2. The molecule has 2 aliphatic rings. The Kier molecular flexibility index (Phi) is 5.25. The monoisotopic (exact) mass is 420 g/mol. The summed E-state index contributed by atoms with van der Waals surface area (Å²) in [5.74, 6) is 0. The Labute approximate surface area is 182 Å². The summed E-state index contributed by atoms with van der Waals surface area (Å²) >= 11 is 0. The summed E-state index contributed by atoms with van der Waals surface area (Å²) in [6.45, 7) is 9.97. The van der Waals surface area contributed by atoms with E-state index >= 15 is 0 Å². The van der Waals surface area contributed by atoms with E-state index in [4.69, 9.17) is 19.2 Å². The van der Waals surface area contributed by atoms with Gasteiger partial charge in [-0.2, -0.15) is 0 Å². The van der Waals surface area contributed by atoms with Gasteiger partial charge in [-0.1, -0.05) is 0 Å². The van der Waals surface area contributed by atoms with Gasteiger partial charge in [0.25, 0.3) is 0 Å². The topological polar surface area (TPSA) is 68.7 Å². The maximum Gasteiger partial charge on any atom is 0.201 e. The highest BCUT2D eigenvalue weighted by Crippen LogP contribution is 2.32. The smallest absolute Gasteiger partial charge is 0.201 e. The van der Waals surface area contributed by atoms with Crippen LogP contribution in [0, 0.1) is 6.92 Å². The molecule has 0 amide bonds. The summed E-state index contributed by atoms with van der Waals surface area (Å²) in [6.07, 6.45) is 1.45. The molecule has 0 atom stereocenters. The lowest BCUT2D eigenvalue weighted by Crippen LogP contribution is -2.48. The first-order valence-corrected chi connectivity index (χ1v) is 10.7. The van der Waals surface area contributed by atoms with Crippen LogP contribution in [0.3, 0.4) is 0 Å². The minimum absolute atomic E-state index is 0.153. The molecule has 0 aliphatic carbocycles. The van der Waals surface area contributed by atoms with E-state index in [9.17, 15) is 0 Å². The minimum atomic E-state index is -0.363. The molecular weight excluding hydrogens is 392 g/mol. The van der Waals surface area contributed by atoms with Crippen LogP contribution < -0.4 is 10.2 Å². The fourth-order valence-electron chi connectivity index (χ4n) is 4.19. The van der Waals surface area contributed by atoms with Gasteiger partial charge in [0.1, 0.15) is 0 Å². The first-order chi connectivity index (χ1) is 15.0. The first kappa shape index (κ1) is 20.2. The normalized spacial score (nSPS) is 19.1. The largest absolute Gasteiger partial charge is 0.372 e. The number of fused-ring (bicyclic) bond motifs is 1. The van der Waals surface area contributed by atoms with Crippen molar-refractivity contribution < 1.29 is 14.2 Å². The van der Waals surface area contributed by atoms with E-state index in [0.717, 1.165) is 53.4 Å². The number of nitrogens with zero attached hydrogens (tertiary/aromatic N) is 3. The molecule has 0 unspecified atom stereocenters. The van der Waals surface area contributed by atoms with Gasteiger partial charge in [0.2, 0.25) is 6.29 Å². The molecule has 2 fully saturated rings. The molecule has 2 saturated heterocycles. The highest BCUT2D eigenvalue weighted by atomic mass is 16.7. The molecule has 5 rings (SSSR count). The number of aryl methyl sites for hydroxylation is 1. The van der Waals surface area contributed by atoms with Crippen LogP contribution in [0.1, 0.15) is 31.5 Å². The second-order valence-corrected chi connectivity index (χ2v) is 8.71. The van der Waals surface area contributed by atoms with Crippen molar-refractivity contribution in [3.05, 3.63) is 54.0 Å². The van der Waals surface area contributed by atoms with Gasteiger partial charge in [0.15, 0.2) is 0 Å². The number of morpholine rings is 1. The molecule has 2 aromatic heterocycles. The van der Waals surface area contributed by atoms with E-state index in [1.807, 2.05) is 25.3 Å². The van der Waals surface area contributed by atoms with Crippen molar-refractivity contribution in [3.63, 3.8) is 0 Å². The molecule has 1 aromatic carbocycles. The Hall–Kier alpha value is -2.74. The Balaban J connectivity index is 1.44. The molecule has 3 aromatic rings. The summed E-state index contributed by atoms with van der Waals surface area (Å²) in [4.78, 5) is 11.6. The number of anilines is 3. The SMILES string of the molecule is Cc1cc(Nc2ccc(C3OCCO3)nc2)c2cc(N3CCOC(C)(C)C3)ccc2n1. The van der Waals surface area contributed by atoms with Crippen molar-refractivity contribution in [1.82, 2.24) is 9.97 Å². The van der Waals surface area contributed by atoms with Crippen LogP contribution in [0.25, 0.3) is 10.9 Å². The average molecular weight is 421 g/mol. The van der Waals surface area contributed by atoms with Crippen LogP contribution >= 0.6 is 0 Å². The van der Waals surface area contributed by atoms with E-state index in [1.165, 1.54) is 5.69 Å². The zero-order chi connectivity index (χ0) is 21.4. The maximum atomic E-state index is 5.88. The molecule has 0 bridgehead atoms. The van der Waals surface area contributed by atoms with Gasteiger partial charge in [0, 0.05) is 35.5 Å². The molecule has 0 saturated carbocycles. The van der Waals surface area contributed by atoms with Crippen LogP contribution in [-0.2, 0) is 14.2 Å². The van der Waals surface area contributed by atoms with Gasteiger partial charge in [-0.3, -0.25) is 9.97 Å². The van der Waals surface area contributed by atoms with Crippen molar-refractivity contribution in [2.45, 2.75) is 32.7 Å². The molecule has 4 heterocycles. The second-order valence-electron chi connectivity index (χ2n) is 8.71. The quantitative estimate of drug-likeness (QED) is 0.673. The summed E-state index contributed by atoms with van der Waals surface area (Å²) < 4.78 is 16.9. The average Bonchev–Trinajstić information content (AvgIpc) is 3.28. The minimum Gasteiger partial charge on any atom is -0.372 e. The van der Waals surface area contributed by atoms with Crippen molar-refractivity contribution >= 4 is 28.0 Å². The number of rotatable bonds is 4. The van der Waals surface area contributed by atoms with Gasteiger partial charge in [-0.05, 0) is 57.2 Å². The number of nitrogens with one attached hydrogen (secondary N) is 1. The van der Waals surface area contributed by atoms with E-state index in [1.54, 1.807) is 0 Å². The van der Waals surface area contributed by atoms with Gasteiger partial charge in [-0.15, -0.1) is 0 Å². The van der Waals surface area contributed by atoms with Crippen LogP contribution in [0.4, 0.5) is 17.1 Å². The number of aromatic nitrogens is 2. The fraction of sp³-hybridized carbons (Fsp3) is 0.417. The Morgan fingerprint density at radius 1 is 1.06 bits per heavy atom. The van der Waals surface area contributed by atoms with Gasteiger partial charge in [0.05, 0.1) is 48.5 Å². The summed E-state index contributed by atoms with van der Waals surface area (Å²) in [5, 5.41) is 4.61. The maximum absolute atomic E-state index is 5.88. The molecular formula is C24H28N4O3. The van der Waals surface area contributed by atoms with Crippen molar-refractivity contribution in [3.8, 4) is 0 Å². The van der Waals surface area contributed by atoms with Gasteiger partial charge >= 0.3 is 0 Å². The molecule has 2 aliphatic heterocycles. The number of hydrogen-bond acceptors (Lipinski definition) is 7. The van der Waals surface area contributed by atoms with E-state index in [2.05, 4.69) is 53.3 Å². The first-order valence-electron chi connectivity index (χ1n) is 10.7. The Morgan fingerprint density at radius 2 is 1.90 bits per heavy atom. The highest BCUT2D eigenvalue weighted by molar-refractivity contribution is 5.95. The molecule has 1 N–H and O–H groups in total. The lowest BCUT2D eigenvalue weighted by atomic mass is 10.1. The number of ether oxygens (including phenoxy) is 3. The van der Waals surface area contributed by atoms with Crippen LogP contribution in [0.5, 0.6) is 0 Å². The summed E-state index contributed by atoms with van der Waals surface area (Å²) in [6, 6.07) is 12.5. The molecule has 7 nitrogen and oxygen atoms in total. The third-order valence-corrected chi connectivity index (χ3v) is 5.64. The van der Waals surface area contributed by atoms with Gasteiger partial charge < -0.3 is 24.4 Å². The molecule has 31 heavy (non-hydrogen) atoms. The Bertz CT molecular complexity index is 1080. The van der Waals surface area contributed by atoms with Crippen molar-refractivity contribution in [2.75, 3.05) is 43.1 Å². The molecule has 7 heteroatoms. The summed E-state index contributed by atoms with van der Waals surface area (Å²) in [7, 11) is 0. The van der Waals surface area contributed by atoms with E-state index in [-0.39, 0.29) is 11.9 Å². The lowest BCUT2D eigenvalue weighted by molar-refractivity contribution is -0.0472. The standard InChI is InChI=1S/C24H28N4O3/c1-16-12-22(27-17-4-6-21(25-14-17)23-29-10-11-30-23)19-13-18(5-7-20(19)26-16)28-8-9-31-24(2,3)15-28/h4-7,12-14,23H,8-11,15H2,1-3H3,(H,26,27). The van der Waals surface area contributed by atoms with E-state index < -0.39 is 0 Å². The molecule has 0 spiro atoms. The second kappa shape index (κ2) is 8.07. The fourth-order valence-corrected chi connectivity index (χ4v) is 4.19. The van der Waals surface area contributed by atoms with Crippen LogP contribution in [0.2, 0.25) is 0 Å². The number of hydrogen-bond donors (Lipinski definition) is 1.